The summed E-state index contributed by atoms with van der Waals surface area (Å²) in [6.07, 6.45) is 1.73. The summed E-state index contributed by atoms with van der Waals surface area (Å²) in [6.45, 7) is 8.82. The predicted molar refractivity (Wildman–Crippen MR) is 88.2 cm³/mol. The highest BCUT2D eigenvalue weighted by Gasteiger charge is 2.73. The molecule has 1 heterocycles. The van der Waals surface area contributed by atoms with Gasteiger partial charge in [-0.25, -0.2) is 9.97 Å². The third-order valence-electron chi connectivity index (χ3n) is 6.57. The zero-order chi connectivity index (χ0) is 16.5. The third kappa shape index (κ3) is 1.45. The first-order chi connectivity index (χ1) is 10.9. The van der Waals surface area contributed by atoms with Crippen LogP contribution in [0.3, 0.4) is 0 Å². The number of carbonyl (C=O) groups excluding carboxylic acids is 1. The minimum absolute atomic E-state index is 0.142. The lowest BCUT2D eigenvalue weighted by molar-refractivity contribution is -0.154. The second-order valence-corrected chi connectivity index (χ2v) is 7.49. The van der Waals surface area contributed by atoms with E-state index >= 15 is 0 Å². The molecule has 1 aromatic carbocycles. The molecule has 4 rings (SSSR count). The maximum atomic E-state index is 13.0. The molecule has 2 aliphatic rings. The van der Waals surface area contributed by atoms with Crippen LogP contribution in [0.15, 0.2) is 24.3 Å². The molecule has 0 amide bonds. The van der Waals surface area contributed by atoms with Gasteiger partial charge in [0.25, 0.3) is 0 Å². The van der Waals surface area contributed by atoms with E-state index in [1.807, 2.05) is 31.2 Å². The number of nitrogens with zero attached hydrogens (tertiary/aromatic N) is 2. The van der Waals surface area contributed by atoms with E-state index in [1.165, 1.54) is 0 Å². The lowest BCUT2D eigenvalue weighted by atomic mass is 9.64. The van der Waals surface area contributed by atoms with Crippen LogP contribution >= 0.6 is 0 Å². The minimum atomic E-state index is -0.676. The molecule has 0 spiro atoms. The lowest BCUT2D eigenvalue weighted by Gasteiger charge is -2.38. The van der Waals surface area contributed by atoms with Crippen LogP contribution in [0.25, 0.3) is 11.0 Å². The van der Waals surface area contributed by atoms with Gasteiger partial charge in [-0.15, -0.1) is 0 Å². The summed E-state index contributed by atoms with van der Waals surface area (Å²) in [7, 11) is 0. The molecule has 0 unspecified atom stereocenters. The fourth-order valence-electron chi connectivity index (χ4n) is 4.75. The van der Waals surface area contributed by atoms with Crippen LogP contribution < -0.4 is 0 Å². The van der Waals surface area contributed by atoms with Crippen molar-refractivity contribution in [3.63, 3.8) is 0 Å². The van der Waals surface area contributed by atoms with Crippen molar-refractivity contribution in [1.29, 1.82) is 0 Å². The van der Waals surface area contributed by atoms with Gasteiger partial charge in [-0.2, -0.15) is 0 Å². The molecule has 2 aliphatic carbocycles. The highest BCUT2D eigenvalue weighted by Crippen LogP contribution is 2.70. The number of benzene rings is 1. The van der Waals surface area contributed by atoms with Crippen LogP contribution in [0.5, 0.6) is 0 Å². The Labute approximate surface area is 136 Å². The van der Waals surface area contributed by atoms with Crippen LogP contribution in [0.1, 0.15) is 51.9 Å². The van der Waals surface area contributed by atoms with E-state index in [2.05, 4.69) is 20.8 Å². The van der Waals surface area contributed by atoms with E-state index in [1.54, 1.807) is 0 Å². The Morgan fingerprint density at radius 1 is 1.09 bits per heavy atom. The molecule has 0 N–H and O–H groups in total. The van der Waals surface area contributed by atoms with E-state index in [-0.39, 0.29) is 16.8 Å². The Hall–Kier alpha value is -1.97. The van der Waals surface area contributed by atoms with Crippen LogP contribution in [-0.4, -0.2) is 22.5 Å². The molecule has 120 valence electrons. The quantitative estimate of drug-likeness (QED) is 0.796. The van der Waals surface area contributed by atoms with Crippen molar-refractivity contribution in [2.24, 2.45) is 5.41 Å². The highest BCUT2D eigenvalue weighted by atomic mass is 16.5. The zero-order valence-corrected chi connectivity index (χ0v) is 14.1. The Kier molecular flexibility index (Phi) is 2.74. The van der Waals surface area contributed by atoms with Gasteiger partial charge in [0.15, 0.2) is 0 Å². The van der Waals surface area contributed by atoms with Gasteiger partial charge in [-0.3, -0.25) is 4.79 Å². The van der Waals surface area contributed by atoms with Gasteiger partial charge in [0, 0.05) is 5.41 Å². The number of carbonyl (C=O) groups is 1. The summed E-state index contributed by atoms with van der Waals surface area (Å²) in [6, 6.07) is 7.89. The fourth-order valence-corrected chi connectivity index (χ4v) is 4.75. The average molecular weight is 310 g/mol. The molecule has 4 heteroatoms. The van der Waals surface area contributed by atoms with Crippen molar-refractivity contribution < 1.29 is 9.53 Å². The van der Waals surface area contributed by atoms with Crippen molar-refractivity contribution in [2.75, 3.05) is 6.61 Å². The summed E-state index contributed by atoms with van der Waals surface area (Å²) < 4.78 is 5.49. The average Bonchev–Trinajstić information content (AvgIpc) is 2.82. The first-order valence-corrected chi connectivity index (χ1v) is 8.33. The minimum Gasteiger partial charge on any atom is -0.465 e. The van der Waals surface area contributed by atoms with E-state index in [4.69, 9.17) is 14.7 Å². The monoisotopic (exact) mass is 310 g/mol. The van der Waals surface area contributed by atoms with Gasteiger partial charge in [0.05, 0.1) is 29.0 Å². The molecule has 0 radical (unpaired) electrons. The first-order valence-electron chi connectivity index (χ1n) is 8.33. The van der Waals surface area contributed by atoms with Gasteiger partial charge in [0.1, 0.15) is 5.41 Å². The van der Waals surface area contributed by atoms with Gasteiger partial charge < -0.3 is 4.74 Å². The maximum Gasteiger partial charge on any atom is 0.318 e. The fraction of sp³-hybridized carbons (Fsp3) is 0.526. The summed E-state index contributed by atoms with van der Waals surface area (Å²) in [5, 5.41) is 0. The molecule has 1 fully saturated rings. The van der Waals surface area contributed by atoms with Crippen LogP contribution in [-0.2, 0) is 20.4 Å². The molecule has 0 saturated heterocycles. The molecular formula is C19H22N2O2. The number of fused-ring (bicyclic) bond motifs is 6. The second-order valence-electron chi connectivity index (χ2n) is 7.49. The van der Waals surface area contributed by atoms with E-state index in [0.717, 1.165) is 35.3 Å². The van der Waals surface area contributed by atoms with Gasteiger partial charge in [0.2, 0.25) is 0 Å². The van der Waals surface area contributed by atoms with E-state index in [0.29, 0.717) is 6.61 Å². The normalized spacial score (nSPS) is 30.4. The number of rotatable bonds is 2. The zero-order valence-electron chi connectivity index (χ0n) is 14.1. The Balaban J connectivity index is 2.06. The number of hydrogen-bond donors (Lipinski definition) is 0. The lowest BCUT2D eigenvalue weighted by Crippen LogP contribution is -2.46. The topological polar surface area (TPSA) is 52.1 Å². The standard InChI is InChI=1S/C19H22N2O2/c1-5-23-16(22)19-11-10-18(4,17(19,2)3)14-15(19)21-13-9-7-6-8-12(13)20-14/h6-9H,5,10-11H2,1-4H3/t18-,19-/m1/s1. The Bertz CT molecular complexity index is 829. The van der Waals surface area contributed by atoms with Crippen molar-refractivity contribution in [2.45, 2.75) is 51.4 Å². The number of para-hydroxylation sites is 2. The summed E-state index contributed by atoms with van der Waals surface area (Å²) in [5.41, 5.74) is 2.49. The predicted octanol–water partition coefficient (Wildman–Crippen LogP) is 3.52. The maximum absolute atomic E-state index is 13.0. The molecule has 0 aliphatic heterocycles. The summed E-state index contributed by atoms with van der Waals surface area (Å²) in [5.74, 6) is -0.142. The third-order valence-corrected chi connectivity index (χ3v) is 6.57. The van der Waals surface area contributed by atoms with Gasteiger partial charge in [-0.05, 0) is 37.3 Å². The molecule has 23 heavy (non-hydrogen) atoms. The number of esters is 1. The highest BCUT2D eigenvalue weighted by molar-refractivity contribution is 5.89. The number of hydrogen-bond acceptors (Lipinski definition) is 4. The molecule has 4 nitrogen and oxygen atoms in total. The smallest absolute Gasteiger partial charge is 0.318 e. The van der Waals surface area contributed by atoms with Gasteiger partial charge >= 0.3 is 5.97 Å². The molecule has 2 atom stereocenters. The molecule has 1 aromatic heterocycles. The summed E-state index contributed by atoms with van der Waals surface area (Å²) in [4.78, 5) is 22.8. The molecule has 1 saturated carbocycles. The molecule has 2 aromatic rings. The largest absolute Gasteiger partial charge is 0.465 e. The second kappa shape index (κ2) is 4.31. The Morgan fingerprint density at radius 2 is 1.70 bits per heavy atom. The van der Waals surface area contributed by atoms with Crippen molar-refractivity contribution in [3.05, 3.63) is 35.7 Å². The van der Waals surface area contributed by atoms with Crippen LogP contribution in [0, 0.1) is 5.41 Å². The van der Waals surface area contributed by atoms with Crippen LogP contribution in [0.2, 0.25) is 0 Å². The van der Waals surface area contributed by atoms with Gasteiger partial charge in [-0.1, -0.05) is 32.9 Å². The van der Waals surface area contributed by atoms with Crippen molar-refractivity contribution in [3.8, 4) is 0 Å². The van der Waals surface area contributed by atoms with E-state index in [9.17, 15) is 4.79 Å². The Morgan fingerprint density at radius 3 is 2.30 bits per heavy atom. The van der Waals surface area contributed by atoms with Crippen molar-refractivity contribution >= 4 is 17.0 Å². The molecule has 2 bridgehead atoms. The summed E-state index contributed by atoms with van der Waals surface area (Å²) >= 11 is 0. The van der Waals surface area contributed by atoms with E-state index < -0.39 is 5.41 Å². The first kappa shape index (κ1) is 14.6. The number of ether oxygens (including phenoxy) is 1. The molecular weight excluding hydrogens is 288 g/mol. The number of aromatic nitrogens is 2. The SMILES string of the molecule is CCOC(=O)[C@@]12CC[C@](C)(c3nc4ccccc4nc31)C2(C)C. The van der Waals surface area contributed by atoms with Crippen molar-refractivity contribution in [1.82, 2.24) is 9.97 Å². The van der Waals surface area contributed by atoms with Crippen LogP contribution in [0.4, 0.5) is 0 Å².